The largest absolute Gasteiger partial charge is 0.460 e. The maximum Gasteiger partial charge on any atom is 0.316 e. The van der Waals surface area contributed by atoms with Gasteiger partial charge in [0.25, 0.3) is 0 Å². The molecule has 0 aliphatic carbocycles. The van der Waals surface area contributed by atoms with Gasteiger partial charge in [-0.1, -0.05) is 37.3 Å². The van der Waals surface area contributed by atoms with E-state index in [-0.39, 0.29) is 19.0 Å². The zero-order valence-corrected chi connectivity index (χ0v) is 15.1. The summed E-state index contributed by atoms with van der Waals surface area (Å²) < 4.78 is 56.4. The Bertz CT molecular complexity index is 729. The molecule has 4 nitrogen and oxygen atoms in total. The van der Waals surface area contributed by atoms with Crippen LogP contribution in [0.4, 0.5) is 13.2 Å². The Labute approximate surface area is 155 Å². The molecule has 2 aromatic rings. The fraction of sp³-hybridized carbons (Fsp3) is 0.350. The lowest BCUT2D eigenvalue weighted by atomic mass is 9.91. The first-order valence-corrected chi connectivity index (χ1v) is 8.43. The van der Waals surface area contributed by atoms with Crippen LogP contribution in [0.15, 0.2) is 42.5 Å². The molecule has 0 radical (unpaired) electrons. The van der Waals surface area contributed by atoms with Crippen molar-refractivity contribution < 1.29 is 32.2 Å². The molecule has 2 atom stereocenters. The van der Waals surface area contributed by atoms with E-state index in [0.717, 1.165) is 17.7 Å². The van der Waals surface area contributed by atoms with Crippen LogP contribution in [0, 0.1) is 17.5 Å². The van der Waals surface area contributed by atoms with Crippen molar-refractivity contribution in [3.05, 3.63) is 71.0 Å². The molecule has 0 amide bonds. The first-order valence-electron chi connectivity index (χ1n) is 8.43. The predicted molar refractivity (Wildman–Crippen MR) is 92.3 cm³/mol. The maximum atomic E-state index is 13.7. The average Bonchev–Trinajstić information content (AvgIpc) is 2.68. The fourth-order valence-corrected chi connectivity index (χ4v) is 2.68. The van der Waals surface area contributed by atoms with Crippen LogP contribution in [0.25, 0.3) is 0 Å². The SMILES string of the molecule is CCC(OCOC)C(C(=O)OCc1ccccc1)c1cc(F)c(F)c(F)c1. The third kappa shape index (κ3) is 5.55. The van der Waals surface area contributed by atoms with Crippen LogP contribution >= 0.6 is 0 Å². The molecular formula is C20H21F3O4. The number of carbonyl (C=O) groups excluding carboxylic acids is 1. The second-order valence-electron chi connectivity index (χ2n) is 5.89. The first kappa shape index (κ1) is 20.9. The summed E-state index contributed by atoms with van der Waals surface area (Å²) in [5, 5.41) is 0. The minimum Gasteiger partial charge on any atom is -0.460 e. The summed E-state index contributed by atoms with van der Waals surface area (Å²) in [7, 11) is 1.41. The molecule has 0 bridgehead atoms. The predicted octanol–water partition coefficient (Wildman–Crippen LogP) is 4.33. The zero-order valence-electron chi connectivity index (χ0n) is 15.1. The average molecular weight is 382 g/mol. The van der Waals surface area contributed by atoms with Gasteiger partial charge in [-0.25, -0.2) is 13.2 Å². The van der Waals surface area contributed by atoms with E-state index in [1.807, 2.05) is 6.07 Å². The topological polar surface area (TPSA) is 44.8 Å². The van der Waals surface area contributed by atoms with Gasteiger partial charge in [-0.15, -0.1) is 0 Å². The summed E-state index contributed by atoms with van der Waals surface area (Å²) in [6, 6.07) is 10.5. The Hall–Kier alpha value is -2.38. The van der Waals surface area contributed by atoms with E-state index in [4.69, 9.17) is 14.2 Å². The van der Waals surface area contributed by atoms with Crippen LogP contribution in [-0.4, -0.2) is 26.0 Å². The van der Waals surface area contributed by atoms with Crippen molar-refractivity contribution in [2.24, 2.45) is 0 Å². The molecular weight excluding hydrogens is 361 g/mol. The summed E-state index contributed by atoms with van der Waals surface area (Å²) in [6.07, 6.45) is -0.424. The van der Waals surface area contributed by atoms with Gasteiger partial charge in [-0.2, -0.15) is 0 Å². The van der Waals surface area contributed by atoms with Crippen molar-refractivity contribution in [2.45, 2.75) is 32.0 Å². The van der Waals surface area contributed by atoms with Crippen molar-refractivity contribution in [3.63, 3.8) is 0 Å². The molecule has 27 heavy (non-hydrogen) atoms. The molecule has 0 spiro atoms. The second-order valence-corrected chi connectivity index (χ2v) is 5.89. The summed E-state index contributed by atoms with van der Waals surface area (Å²) in [4.78, 5) is 12.7. The highest BCUT2D eigenvalue weighted by atomic mass is 19.2. The smallest absolute Gasteiger partial charge is 0.316 e. The van der Waals surface area contributed by atoms with E-state index in [1.165, 1.54) is 7.11 Å². The number of methoxy groups -OCH3 is 1. The van der Waals surface area contributed by atoms with Crippen molar-refractivity contribution in [2.75, 3.05) is 13.9 Å². The molecule has 0 fully saturated rings. The van der Waals surface area contributed by atoms with Gasteiger partial charge < -0.3 is 14.2 Å². The second kappa shape index (κ2) is 10.1. The summed E-state index contributed by atoms with van der Waals surface area (Å²) in [5.41, 5.74) is 0.694. The molecule has 2 aromatic carbocycles. The molecule has 0 aromatic heterocycles. The number of hydrogen-bond acceptors (Lipinski definition) is 4. The van der Waals surface area contributed by atoms with Gasteiger partial charge >= 0.3 is 5.97 Å². The molecule has 0 saturated heterocycles. The Morgan fingerprint density at radius 2 is 1.70 bits per heavy atom. The highest BCUT2D eigenvalue weighted by Crippen LogP contribution is 2.29. The van der Waals surface area contributed by atoms with E-state index in [2.05, 4.69) is 0 Å². The summed E-state index contributed by atoms with van der Waals surface area (Å²) in [5.74, 6) is -6.23. The van der Waals surface area contributed by atoms with Crippen LogP contribution in [0.2, 0.25) is 0 Å². The Balaban J connectivity index is 2.29. The third-order valence-electron chi connectivity index (χ3n) is 4.02. The van der Waals surface area contributed by atoms with Crippen LogP contribution in [0.5, 0.6) is 0 Å². The van der Waals surface area contributed by atoms with Crippen molar-refractivity contribution in [1.29, 1.82) is 0 Å². The van der Waals surface area contributed by atoms with Crippen molar-refractivity contribution in [3.8, 4) is 0 Å². The number of esters is 1. The Morgan fingerprint density at radius 1 is 1.07 bits per heavy atom. The van der Waals surface area contributed by atoms with E-state index in [9.17, 15) is 18.0 Å². The van der Waals surface area contributed by atoms with Crippen LogP contribution in [0.3, 0.4) is 0 Å². The monoisotopic (exact) mass is 382 g/mol. The Morgan fingerprint density at radius 3 is 2.26 bits per heavy atom. The number of hydrogen-bond donors (Lipinski definition) is 0. The molecule has 2 rings (SSSR count). The molecule has 0 saturated carbocycles. The first-order chi connectivity index (χ1) is 13.0. The number of benzene rings is 2. The number of ether oxygens (including phenoxy) is 3. The third-order valence-corrected chi connectivity index (χ3v) is 4.02. The lowest BCUT2D eigenvalue weighted by Crippen LogP contribution is -2.31. The van der Waals surface area contributed by atoms with Gasteiger partial charge in [0, 0.05) is 7.11 Å². The van der Waals surface area contributed by atoms with E-state index in [0.29, 0.717) is 6.42 Å². The quantitative estimate of drug-likeness (QED) is 0.368. The molecule has 0 N–H and O–H groups in total. The molecule has 7 heteroatoms. The van der Waals surface area contributed by atoms with Gasteiger partial charge in [0.15, 0.2) is 17.5 Å². The highest BCUT2D eigenvalue weighted by molar-refractivity contribution is 5.79. The maximum absolute atomic E-state index is 13.7. The lowest BCUT2D eigenvalue weighted by Gasteiger charge is -2.25. The van der Waals surface area contributed by atoms with Crippen LogP contribution < -0.4 is 0 Å². The molecule has 0 aliphatic heterocycles. The number of rotatable bonds is 9. The van der Waals surface area contributed by atoms with Crippen molar-refractivity contribution in [1.82, 2.24) is 0 Å². The molecule has 0 heterocycles. The number of halogens is 3. The van der Waals surface area contributed by atoms with E-state index >= 15 is 0 Å². The Kier molecular flexibility index (Phi) is 7.82. The fourth-order valence-electron chi connectivity index (χ4n) is 2.68. The number of carbonyl (C=O) groups is 1. The zero-order chi connectivity index (χ0) is 19.8. The van der Waals surface area contributed by atoms with Gasteiger partial charge in [0.2, 0.25) is 0 Å². The highest BCUT2D eigenvalue weighted by Gasteiger charge is 2.33. The van der Waals surface area contributed by atoms with Gasteiger partial charge in [0.05, 0.1) is 6.10 Å². The summed E-state index contributed by atoms with van der Waals surface area (Å²) >= 11 is 0. The van der Waals surface area contributed by atoms with Gasteiger partial charge in [-0.05, 0) is 29.7 Å². The van der Waals surface area contributed by atoms with Crippen LogP contribution in [-0.2, 0) is 25.6 Å². The van der Waals surface area contributed by atoms with Crippen molar-refractivity contribution >= 4 is 5.97 Å². The minimum absolute atomic E-state index is 0.0109. The normalized spacial score (nSPS) is 13.2. The minimum atomic E-state index is -1.60. The van der Waals surface area contributed by atoms with Gasteiger partial charge in [0.1, 0.15) is 19.3 Å². The summed E-state index contributed by atoms with van der Waals surface area (Å²) in [6.45, 7) is 1.62. The molecule has 146 valence electrons. The standard InChI is InChI=1S/C20H21F3O4/c1-3-17(27-12-25-2)18(14-9-15(21)19(23)16(22)10-14)20(24)26-11-13-7-5-4-6-8-13/h4-10,17-18H,3,11-12H2,1-2H3. The molecule has 2 unspecified atom stereocenters. The molecule has 0 aliphatic rings. The van der Waals surface area contributed by atoms with E-state index < -0.39 is 35.4 Å². The van der Waals surface area contributed by atoms with E-state index in [1.54, 1.807) is 31.2 Å². The lowest BCUT2D eigenvalue weighted by molar-refractivity contribution is -0.154. The van der Waals surface area contributed by atoms with Crippen LogP contribution in [0.1, 0.15) is 30.4 Å². The van der Waals surface area contributed by atoms with Gasteiger partial charge in [-0.3, -0.25) is 4.79 Å².